The van der Waals surface area contributed by atoms with Crippen molar-refractivity contribution in [3.63, 3.8) is 0 Å². The zero-order valence-electron chi connectivity index (χ0n) is 12.2. The van der Waals surface area contributed by atoms with E-state index in [-0.39, 0.29) is 17.7 Å². The molecule has 0 amide bonds. The van der Waals surface area contributed by atoms with Crippen LogP contribution in [0, 0.1) is 0 Å². The topological polar surface area (TPSA) is 43.4 Å². The van der Waals surface area contributed by atoms with Crippen LogP contribution >= 0.6 is 0 Å². The lowest BCUT2D eigenvalue weighted by atomic mass is 9.92. The van der Waals surface area contributed by atoms with Gasteiger partial charge in [0.2, 0.25) is 0 Å². The van der Waals surface area contributed by atoms with E-state index in [0.717, 1.165) is 16.7 Å². The molecule has 1 atom stereocenters. The second-order valence-electron chi connectivity index (χ2n) is 4.79. The molecular formula is C18H18O3. The number of carbonyl (C=O) groups is 2. The Morgan fingerprint density at radius 3 is 2.10 bits per heavy atom. The molecule has 4 rings (SSSR count). The smallest absolute Gasteiger partial charge is 0.313 e. The Morgan fingerprint density at radius 2 is 1.67 bits per heavy atom. The van der Waals surface area contributed by atoms with Gasteiger partial charge in [-0.2, -0.15) is 0 Å². The van der Waals surface area contributed by atoms with Crippen molar-refractivity contribution in [1.82, 2.24) is 0 Å². The van der Waals surface area contributed by atoms with Gasteiger partial charge in [-0.1, -0.05) is 48.5 Å². The minimum Gasteiger partial charge on any atom is -0.466 e. The van der Waals surface area contributed by atoms with Crippen LogP contribution in [0.25, 0.3) is 0 Å². The van der Waals surface area contributed by atoms with Crippen LogP contribution in [0.4, 0.5) is 0 Å². The van der Waals surface area contributed by atoms with Crippen LogP contribution in [0.1, 0.15) is 41.3 Å². The third-order valence-corrected chi connectivity index (χ3v) is 3.33. The van der Waals surface area contributed by atoms with E-state index >= 15 is 0 Å². The van der Waals surface area contributed by atoms with Crippen LogP contribution in [0.3, 0.4) is 0 Å². The van der Waals surface area contributed by atoms with E-state index in [4.69, 9.17) is 4.74 Å². The van der Waals surface area contributed by atoms with Gasteiger partial charge in [-0.25, -0.2) is 0 Å². The first-order chi connectivity index (χ1) is 10.1. The lowest BCUT2D eigenvalue weighted by Crippen LogP contribution is -2.12. The van der Waals surface area contributed by atoms with Gasteiger partial charge in [0.15, 0.2) is 5.78 Å². The van der Waals surface area contributed by atoms with Gasteiger partial charge in [0.05, 0.1) is 12.5 Å². The summed E-state index contributed by atoms with van der Waals surface area (Å²) in [6, 6.07) is 17.1. The SMILES string of the molecule is CCOC(=O)C(C)c1ccccc1.O=C1c2cccc1c2. The highest BCUT2D eigenvalue weighted by Gasteiger charge is 2.17. The molecule has 0 saturated heterocycles. The van der Waals surface area contributed by atoms with Crippen molar-refractivity contribution < 1.29 is 14.3 Å². The van der Waals surface area contributed by atoms with E-state index in [9.17, 15) is 9.59 Å². The summed E-state index contributed by atoms with van der Waals surface area (Å²) < 4.78 is 4.92. The second-order valence-corrected chi connectivity index (χ2v) is 4.79. The lowest BCUT2D eigenvalue weighted by Gasteiger charge is -2.10. The Balaban J connectivity index is 0.000000170. The van der Waals surface area contributed by atoms with Crippen LogP contribution < -0.4 is 0 Å². The second kappa shape index (κ2) is 6.84. The standard InChI is InChI=1S/C11H14O2.C7H4O/c1-3-13-11(12)9(2)10-7-5-4-6-8-10;8-7-5-2-1-3-6(7)4-5/h4-9H,3H2,1-2H3;1-4H. The molecule has 108 valence electrons. The molecule has 1 unspecified atom stereocenters. The highest BCUT2D eigenvalue weighted by Crippen LogP contribution is 2.19. The quantitative estimate of drug-likeness (QED) is 0.690. The van der Waals surface area contributed by atoms with Gasteiger partial charge in [0.25, 0.3) is 0 Å². The van der Waals surface area contributed by atoms with Gasteiger partial charge in [-0.3, -0.25) is 9.59 Å². The van der Waals surface area contributed by atoms with Crippen molar-refractivity contribution in [3.05, 3.63) is 71.3 Å². The fourth-order valence-electron chi connectivity index (χ4n) is 2.04. The van der Waals surface area contributed by atoms with Crippen molar-refractivity contribution in [3.8, 4) is 0 Å². The first-order valence-electron chi connectivity index (χ1n) is 6.99. The molecule has 0 saturated carbocycles. The minimum atomic E-state index is -0.166. The summed E-state index contributed by atoms with van der Waals surface area (Å²) in [6.07, 6.45) is 0. The number of ether oxygens (including phenoxy) is 1. The monoisotopic (exact) mass is 282 g/mol. The van der Waals surface area contributed by atoms with Crippen LogP contribution in [-0.2, 0) is 9.53 Å². The number of ketones is 1. The summed E-state index contributed by atoms with van der Waals surface area (Å²) in [5.74, 6) is -0.123. The summed E-state index contributed by atoms with van der Waals surface area (Å²) in [4.78, 5) is 22.0. The molecule has 0 radical (unpaired) electrons. The third kappa shape index (κ3) is 3.57. The Bertz CT molecular complexity index is 603. The third-order valence-electron chi connectivity index (χ3n) is 3.33. The molecule has 0 N–H and O–H groups in total. The van der Waals surface area contributed by atoms with Gasteiger partial charge in [-0.15, -0.1) is 0 Å². The van der Waals surface area contributed by atoms with E-state index in [1.807, 2.05) is 68.4 Å². The molecule has 2 aromatic rings. The predicted molar refractivity (Wildman–Crippen MR) is 81.4 cm³/mol. The molecule has 0 aromatic heterocycles. The number of esters is 1. The molecule has 0 fully saturated rings. The summed E-state index contributed by atoms with van der Waals surface area (Å²) in [7, 11) is 0. The Kier molecular flexibility index (Phi) is 4.88. The van der Waals surface area contributed by atoms with Crippen LogP contribution in [0.2, 0.25) is 0 Å². The van der Waals surface area contributed by atoms with Crippen molar-refractivity contribution in [2.24, 2.45) is 0 Å². The summed E-state index contributed by atoms with van der Waals surface area (Å²) in [6.45, 7) is 4.11. The van der Waals surface area contributed by atoms with E-state index < -0.39 is 0 Å². The van der Waals surface area contributed by atoms with Gasteiger partial charge >= 0.3 is 5.97 Å². The minimum absolute atomic E-state index is 0.159. The number of carbonyl (C=O) groups excluding carboxylic acids is 2. The summed E-state index contributed by atoms with van der Waals surface area (Å²) in [5.41, 5.74) is 2.70. The first-order valence-corrected chi connectivity index (χ1v) is 6.99. The van der Waals surface area contributed by atoms with E-state index in [1.165, 1.54) is 0 Å². The van der Waals surface area contributed by atoms with E-state index in [1.54, 1.807) is 0 Å². The molecule has 0 aliphatic heterocycles. The maximum absolute atomic E-state index is 11.3. The molecular weight excluding hydrogens is 264 g/mol. The van der Waals surface area contributed by atoms with Crippen molar-refractivity contribution in [2.45, 2.75) is 19.8 Å². The Labute approximate surface area is 124 Å². The molecule has 3 nitrogen and oxygen atoms in total. The lowest BCUT2D eigenvalue weighted by molar-refractivity contribution is -0.144. The maximum Gasteiger partial charge on any atom is 0.313 e. The highest BCUT2D eigenvalue weighted by molar-refractivity contribution is 6.16. The van der Waals surface area contributed by atoms with Crippen LogP contribution in [0.5, 0.6) is 0 Å². The number of rotatable bonds is 3. The van der Waals surface area contributed by atoms with Crippen LogP contribution in [-0.4, -0.2) is 18.4 Å². The first kappa shape index (κ1) is 15.0. The average molecular weight is 282 g/mol. The number of fused-ring (bicyclic) bond motifs is 2. The fourth-order valence-corrected chi connectivity index (χ4v) is 2.04. The van der Waals surface area contributed by atoms with Gasteiger partial charge in [0.1, 0.15) is 0 Å². The Hall–Kier alpha value is -2.42. The van der Waals surface area contributed by atoms with Gasteiger partial charge in [-0.05, 0) is 25.5 Å². The molecule has 2 aliphatic rings. The van der Waals surface area contributed by atoms with Crippen LogP contribution in [0.15, 0.2) is 54.6 Å². The average Bonchev–Trinajstić information content (AvgIpc) is 2.56. The molecule has 2 bridgehead atoms. The van der Waals surface area contributed by atoms with E-state index in [0.29, 0.717) is 6.61 Å². The highest BCUT2D eigenvalue weighted by atomic mass is 16.5. The zero-order chi connectivity index (χ0) is 15.2. The molecule has 2 aliphatic carbocycles. The molecule has 3 heteroatoms. The fraction of sp³-hybridized carbons (Fsp3) is 0.222. The molecule has 0 heterocycles. The number of hydrogen-bond donors (Lipinski definition) is 0. The predicted octanol–water partition coefficient (Wildman–Crippen LogP) is 3.58. The summed E-state index contributed by atoms with van der Waals surface area (Å²) in [5, 5.41) is 0. The number of hydrogen-bond acceptors (Lipinski definition) is 3. The van der Waals surface area contributed by atoms with Crippen molar-refractivity contribution >= 4 is 11.8 Å². The summed E-state index contributed by atoms with van der Waals surface area (Å²) >= 11 is 0. The molecule has 0 spiro atoms. The Morgan fingerprint density at radius 1 is 1.05 bits per heavy atom. The molecule has 2 aromatic carbocycles. The molecule has 21 heavy (non-hydrogen) atoms. The van der Waals surface area contributed by atoms with Gasteiger partial charge < -0.3 is 4.74 Å². The normalized spacial score (nSPS) is 12.6. The van der Waals surface area contributed by atoms with E-state index in [2.05, 4.69) is 0 Å². The van der Waals surface area contributed by atoms with Crippen molar-refractivity contribution in [1.29, 1.82) is 0 Å². The van der Waals surface area contributed by atoms with Gasteiger partial charge in [0, 0.05) is 11.1 Å². The maximum atomic E-state index is 11.3. The largest absolute Gasteiger partial charge is 0.466 e. The van der Waals surface area contributed by atoms with Crippen molar-refractivity contribution in [2.75, 3.05) is 6.61 Å². The zero-order valence-corrected chi connectivity index (χ0v) is 12.2. The number of benzene rings is 2.